The quantitative estimate of drug-likeness (QED) is 0.471. The molecule has 1 heterocycles. The van der Waals surface area contributed by atoms with Crippen LogP contribution in [0.2, 0.25) is 0 Å². The summed E-state index contributed by atoms with van der Waals surface area (Å²) in [5.41, 5.74) is 5.06. The highest BCUT2D eigenvalue weighted by atomic mass is 79.9. The van der Waals surface area contributed by atoms with Gasteiger partial charge in [0.25, 0.3) is 5.91 Å². The molecule has 2 unspecified atom stereocenters. The molecule has 1 saturated heterocycles. The average Bonchev–Trinajstić information content (AvgIpc) is 3.02. The zero-order valence-electron chi connectivity index (χ0n) is 13.7. The molecule has 2 aromatic rings. The Morgan fingerprint density at radius 2 is 1.84 bits per heavy atom. The standard InChI is InChI=1S/C19H18BrN3O2/c1-12(14-9-5-6-10-16(14)20)22-23-19(25)17-15(11-21-18(17)24)13-7-3-2-4-8-13/h2-10,15,17H,11H2,1H3,(H,21,24)(H,23,25)/b22-12-. The van der Waals surface area contributed by atoms with E-state index in [4.69, 9.17) is 0 Å². The van der Waals surface area contributed by atoms with E-state index in [1.807, 2.05) is 61.5 Å². The highest BCUT2D eigenvalue weighted by Gasteiger charge is 2.40. The fraction of sp³-hybridized carbons (Fsp3) is 0.211. The molecule has 1 fully saturated rings. The lowest BCUT2D eigenvalue weighted by atomic mass is 9.88. The Morgan fingerprint density at radius 3 is 2.56 bits per heavy atom. The summed E-state index contributed by atoms with van der Waals surface area (Å²) in [4.78, 5) is 24.7. The second-order valence-electron chi connectivity index (χ2n) is 5.89. The molecule has 3 rings (SSSR count). The van der Waals surface area contributed by atoms with E-state index in [1.54, 1.807) is 0 Å². The van der Waals surface area contributed by atoms with E-state index in [0.717, 1.165) is 15.6 Å². The third kappa shape index (κ3) is 3.79. The first kappa shape index (κ1) is 17.4. The number of benzene rings is 2. The molecule has 1 aliphatic rings. The van der Waals surface area contributed by atoms with E-state index < -0.39 is 11.8 Å². The topological polar surface area (TPSA) is 70.6 Å². The molecule has 0 bridgehead atoms. The zero-order chi connectivity index (χ0) is 17.8. The lowest BCUT2D eigenvalue weighted by Gasteiger charge is -2.15. The summed E-state index contributed by atoms with van der Waals surface area (Å²) in [5, 5.41) is 6.94. The van der Waals surface area contributed by atoms with Crippen LogP contribution in [0.3, 0.4) is 0 Å². The van der Waals surface area contributed by atoms with Gasteiger partial charge in [-0.25, -0.2) is 5.43 Å². The molecule has 2 amide bonds. The van der Waals surface area contributed by atoms with Crippen LogP contribution in [0.4, 0.5) is 0 Å². The van der Waals surface area contributed by atoms with Crippen LogP contribution in [-0.4, -0.2) is 24.1 Å². The minimum Gasteiger partial charge on any atom is -0.355 e. The normalized spacial score (nSPS) is 20.2. The molecule has 2 atom stereocenters. The first-order valence-electron chi connectivity index (χ1n) is 7.99. The van der Waals surface area contributed by atoms with Gasteiger partial charge in [-0.1, -0.05) is 64.5 Å². The van der Waals surface area contributed by atoms with Gasteiger partial charge in [0.05, 0.1) is 5.71 Å². The van der Waals surface area contributed by atoms with E-state index in [-0.39, 0.29) is 11.8 Å². The number of amides is 2. The predicted octanol–water partition coefficient (Wildman–Crippen LogP) is 2.82. The summed E-state index contributed by atoms with van der Waals surface area (Å²) < 4.78 is 0.895. The number of nitrogens with zero attached hydrogens (tertiary/aromatic N) is 1. The second kappa shape index (κ2) is 7.61. The fourth-order valence-corrected chi connectivity index (χ4v) is 3.53. The van der Waals surface area contributed by atoms with Crippen LogP contribution in [0.25, 0.3) is 0 Å². The summed E-state index contributed by atoms with van der Waals surface area (Å²) >= 11 is 3.46. The first-order valence-corrected chi connectivity index (χ1v) is 8.79. The maximum absolute atomic E-state index is 12.6. The number of rotatable bonds is 4. The molecule has 0 radical (unpaired) electrons. The highest BCUT2D eigenvalue weighted by Crippen LogP contribution is 2.29. The molecular weight excluding hydrogens is 382 g/mol. The van der Waals surface area contributed by atoms with Gasteiger partial charge in [-0.2, -0.15) is 5.10 Å². The van der Waals surface area contributed by atoms with Crippen molar-refractivity contribution in [3.05, 3.63) is 70.2 Å². The monoisotopic (exact) mass is 399 g/mol. The van der Waals surface area contributed by atoms with Crippen molar-refractivity contribution in [1.82, 2.24) is 10.7 Å². The van der Waals surface area contributed by atoms with E-state index in [1.165, 1.54) is 0 Å². The largest absolute Gasteiger partial charge is 0.355 e. The van der Waals surface area contributed by atoms with Gasteiger partial charge in [-0.3, -0.25) is 9.59 Å². The molecule has 0 spiro atoms. The molecule has 1 aliphatic heterocycles. The average molecular weight is 400 g/mol. The number of nitrogens with one attached hydrogen (secondary N) is 2. The second-order valence-corrected chi connectivity index (χ2v) is 6.75. The van der Waals surface area contributed by atoms with Crippen molar-refractivity contribution in [2.24, 2.45) is 11.0 Å². The van der Waals surface area contributed by atoms with Crippen LogP contribution in [0.15, 0.2) is 64.2 Å². The summed E-state index contributed by atoms with van der Waals surface area (Å²) in [5.74, 6) is -1.62. The van der Waals surface area contributed by atoms with Crippen LogP contribution in [0, 0.1) is 5.92 Å². The van der Waals surface area contributed by atoms with E-state index in [9.17, 15) is 9.59 Å². The fourth-order valence-electron chi connectivity index (χ4n) is 2.96. The van der Waals surface area contributed by atoms with Gasteiger partial charge in [0.15, 0.2) is 0 Å². The molecule has 128 valence electrons. The summed E-state index contributed by atoms with van der Waals surface area (Å²) in [6.07, 6.45) is 0. The third-order valence-corrected chi connectivity index (χ3v) is 4.98. The highest BCUT2D eigenvalue weighted by molar-refractivity contribution is 9.10. The van der Waals surface area contributed by atoms with Gasteiger partial charge in [0.2, 0.25) is 5.91 Å². The number of carbonyl (C=O) groups excluding carboxylic acids is 2. The van der Waals surface area contributed by atoms with Gasteiger partial charge in [0.1, 0.15) is 5.92 Å². The minimum atomic E-state index is -0.779. The van der Waals surface area contributed by atoms with Crippen LogP contribution < -0.4 is 10.7 Å². The maximum atomic E-state index is 12.6. The maximum Gasteiger partial charge on any atom is 0.253 e. The molecule has 2 aromatic carbocycles. The van der Waals surface area contributed by atoms with Crippen LogP contribution in [0.1, 0.15) is 24.0 Å². The molecule has 0 aromatic heterocycles. The lowest BCUT2D eigenvalue weighted by Crippen LogP contribution is -2.35. The molecule has 2 N–H and O–H groups in total. The molecule has 5 nitrogen and oxygen atoms in total. The molecule has 0 aliphatic carbocycles. The number of hydrogen-bond acceptors (Lipinski definition) is 3. The van der Waals surface area contributed by atoms with Crippen LogP contribution in [0.5, 0.6) is 0 Å². The molecular formula is C19H18BrN3O2. The van der Waals surface area contributed by atoms with E-state index >= 15 is 0 Å². The lowest BCUT2D eigenvalue weighted by molar-refractivity contribution is -0.133. The van der Waals surface area contributed by atoms with Gasteiger partial charge in [-0.15, -0.1) is 0 Å². The van der Waals surface area contributed by atoms with E-state index in [0.29, 0.717) is 12.3 Å². The molecule has 0 saturated carbocycles. The summed E-state index contributed by atoms with van der Waals surface area (Å²) in [6, 6.07) is 17.2. The molecule has 6 heteroatoms. The van der Waals surface area contributed by atoms with Crippen molar-refractivity contribution in [2.75, 3.05) is 6.54 Å². The predicted molar refractivity (Wildman–Crippen MR) is 100 cm³/mol. The van der Waals surface area contributed by atoms with Crippen molar-refractivity contribution in [3.63, 3.8) is 0 Å². The Morgan fingerprint density at radius 1 is 1.16 bits per heavy atom. The van der Waals surface area contributed by atoms with Crippen LogP contribution in [-0.2, 0) is 9.59 Å². The van der Waals surface area contributed by atoms with Crippen molar-refractivity contribution in [1.29, 1.82) is 0 Å². The van der Waals surface area contributed by atoms with Crippen molar-refractivity contribution >= 4 is 33.5 Å². The van der Waals surface area contributed by atoms with Crippen molar-refractivity contribution < 1.29 is 9.59 Å². The number of hydrazone groups is 1. The SMILES string of the molecule is C/C(=N/NC(=O)C1C(=O)NCC1c1ccccc1)c1ccccc1Br. The van der Waals surface area contributed by atoms with Crippen molar-refractivity contribution in [3.8, 4) is 0 Å². The summed E-state index contributed by atoms with van der Waals surface area (Å²) in [7, 11) is 0. The van der Waals surface area contributed by atoms with Crippen molar-refractivity contribution in [2.45, 2.75) is 12.8 Å². The smallest absolute Gasteiger partial charge is 0.253 e. The van der Waals surface area contributed by atoms with Gasteiger partial charge in [-0.05, 0) is 18.6 Å². The third-order valence-electron chi connectivity index (χ3n) is 4.29. The Kier molecular flexibility index (Phi) is 5.28. The Bertz CT molecular complexity index is 820. The Hall–Kier alpha value is -2.47. The Labute approximate surface area is 154 Å². The number of halogens is 1. The van der Waals surface area contributed by atoms with E-state index in [2.05, 4.69) is 31.8 Å². The van der Waals surface area contributed by atoms with Gasteiger partial charge in [0, 0.05) is 22.5 Å². The minimum absolute atomic E-state index is 0.187. The molecule has 25 heavy (non-hydrogen) atoms. The van der Waals surface area contributed by atoms with Gasteiger partial charge >= 0.3 is 0 Å². The number of carbonyl (C=O) groups is 2. The van der Waals surface area contributed by atoms with Crippen LogP contribution >= 0.6 is 15.9 Å². The zero-order valence-corrected chi connectivity index (χ0v) is 15.3. The Balaban J connectivity index is 1.76. The van der Waals surface area contributed by atoms with Gasteiger partial charge < -0.3 is 5.32 Å². The number of hydrogen-bond donors (Lipinski definition) is 2. The summed E-state index contributed by atoms with van der Waals surface area (Å²) in [6.45, 7) is 2.26. The first-order chi connectivity index (χ1) is 12.1.